The molecule has 10 heteroatoms. The van der Waals surface area contributed by atoms with Crippen molar-refractivity contribution >= 4 is 39.1 Å². The summed E-state index contributed by atoms with van der Waals surface area (Å²) < 4.78 is 40.2. The van der Waals surface area contributed by atoms with E-state index >= 15 is 0 Å². The van der Waals surface area contributed by atoms with E-state index in [0.29, 0.717) is 38.2 Å². The highest BCUT2D eigenvalue weighted by Crippen LogP contribution is 2.31. The summed E-state index contributed by atoms with van der Waals surface area (Å²) in [6.45, 7) is 4.97. The van der Waals surface area contributed by atoms with Gasteiger partial charge >= 0.3 is 0 Å². The first-order valence-electron chi connectivity index (χ1n) is 10.9. The Morgan fingerprint density at radius 3 is 2.55 bits per heavy atom. The topological polar surface area (TPSA) is 86.8 Å². The normalized spacial score (nSPS) is 13.7. The fourth-order valence-electron chi connectivity index (χ4n) is 3.89. The molecule has 0 unspecified atom stereocenters. The molecule has 0 radical (unpaired) electrons. The largest absolute Gasteiger partial charge is 0.351 e. The molecule has 0 spiro atoms. The summed E-state index contributed by atoms with van der Waals surface area (Å²) >= 11 is 5.90. The Bertz CT molecular complexity index is 1150. The van der Waals surface area contributed by atoms with Crippen LogP contribution in [0.1, 0.15) is 42.6 Å². The summed E-state index contributed by atoms with van der Waals surface area (Å²) in [5.74, 6) is -1.21. The molecule has 33 heavy (non-hydrogen) atoms. The molecule has 178 valence electrons. The van der Waals surface area contributed by atoms with Crippen LogP contribution in [0, 0.1) is 5.82 Å². The number of carbonyl (C=O) groups is 2. The number of sulfonamides is 1. The predicted molar refractivity (Wildman–Crippen MR) is 126 cm³/mol. The molecule has 1 aliphatic rings. The lowest BCUT2D eigenvalue weighted by molar-refractivity contribution is -0.118. The Labute approximate surface area is 198 Å². The van der Waals surface area contributed by atoms with E-state index in [2.05, 4.69) is 5.32 Å². The number of nitrogens with zero attached hydrogens (tertiary/aromatic N) is 2. The molecule has 0 saturated heterocycles. The number of halogens is 2. The van der Waals surface area contributed by atoms with Crippen molar-refractivity contribution in [2.75, 3.05) is 31.1 Å². The third-order valence-electron chi connectivity index (χ3n) is 5.61. The Balaban J connectivity index is 1.68. The van der Waals surface area contributed by atoms with E-state index in [1.807, 2.05) is 0 Å². The summed E-state index contributed by atoms with van der Waals surface area (Å²) in [4.78, 5) is 27.0. The van der Waals surface area contributed by atoms with Crippen LogP contribution in [0.3, 0.4) is 0 Å². The minimum Gasteiger partial charge on any atom is -0.351 e. The maximum atomic E-state index is 13.2. The molecule has 2 amide bonds. The summed E-state index contributed by atoms with van der Waals surface area (Å²) in [5.41, 5.74) is 1.64. The van der Waals surface area contributed by atoms with E-state index in [1.54, 1.807) is 30.9 Å². The summed E-state index contributed by atoms with van der Waals surface area (Å²) in [6.07, 6.45) is 1.45. The van der Waals surface area contributed by atoms with Gasteiger partial charge in [0.2, 0.25) is 15.9 Å². The van der Waals surface area contributed by atoms with E-state index in [1.165, 1.54) is 16.4 Å². The van der Waals surface area contributed by atoms with Gasteiger partial charge in [0.15, 0.2) is 0 Å². The van der Waals surface area contributed by atoms with Crippen LogP contribution in [0.5, 0.6) is 0 Å². The first-order chi connectivity index (χ1) is 15.7. The lowest BCUT2D eigenvalue weighted by Gasteiger charge is -2.30. The van der Waals surface area contributed by atoms with E-state index in [-0.39, 0.29) is 34.4 Å². The monoisotopic (exact) mass is 495 g/mol. The van der Waals surface area contributed by atoms with Crippen LogP contribution in [0.2, 0.25) is 5.02 Å². The summed E-state index contributed by atoms with van der Waals surface area (Å²) in [7, 11) is -3.58. The van der Waals surface area contributed by atoms with Crippen LogP contribution >= 0.6 is 11.6 Å². The molecular formula is C23H27ClFN3O4S. The van der Waals surface area contributed by atoms with Gasteiger partial charge in [-0.2, -0.15) is 4.31 Å². The molecule has 0 aliphatic carbocycles. The summed E-state index contributed by atoms with van der Waals surface area (Å²) in [6, 6.07) is 8.36. The fraction of sp³-hybridized carbons (Fsp3) is 0.391. The van der Waals surface area contributed by atoms with Crippen molar-refractivity contribution in [2.24, 2.45) is 0 Å². The number of rotatable bonds is 8. The third-order valence-corrected chi connectivity index (χ3v) is 7.97. The van der Waals surface area contributed by atoms with Gasteiger partial charge in [0.1, 0.15) is 5.82 Å². The van der Waals surface area contributed by atoms with Gasteiger partial charge in [0.05, 0.1) is 15.5 Å². The number of anilines is 1. The van der Waals surface area contributed by atoms with Crippen molar-refractivity contribution in [1.82, 2.24) is 9.62 Å². The minimum atomic E-state index is -3.58. The lowest BCUT2D eigenvalue weighted by Crippen LogP contribution is -2.38. The van der Waals surface area contributed by atoms with Gasteiger partial charge in [0, 0.05) is 38.3 Å². The van der Waals surface area contributed by atoms with Crippen LogP contribution in [0.25, 0.3) is 0 Å². The van der Waals surface area contributed by atoms with Crippen molar-refractivity contribution in [3.63, 3.8) is 0 Å². The minimum absolute atomic E-state index is 0.000692. The van der Waals surface area contributed by atoms with Crippen LogP contribution in [-0.4, -0.2) is 50.7 Å². The Kier molecular flexibility index (Phi) is 8.10. The highest BCUT2D eigenvalue weighted by molar-refractivity contribution is 7.89. The molecular weight excluding hydrogens is 469 g/mol. The van der Waals surface area contributed by atoms with Gasteiger partial charge in [-0.3, -0.25) is 9.59 Å². The van der Waals surface area contributed by atoms with Gasteiger partial charge in [-0.25, -0.2) is 12.8 Å². The molecule has 0 fully saturated rings. The Hall–Kier alpha value is -2.49. The van der Waals surface area contributed by atoms with Crippen molar-refractivity contribution in [2.45, 2.75) is 38.0 Å². The maximum Gasteiger partial charge on any atom is 0.252 e. The van der Waals surface area contributed by atoms with Gasteiger partial charge in [-0.05, 0) is 54.8 Å². The predicted octanol–water partition coefficient (Wildman–Crippen LogP) is 3.61. The fourth-order valence-corrected chi connectivity index (χ4v) is 5.65. The van der Waals surface area contributed by atoms with Gasteiger partial charge in [-0.15, -0.1) is 0 Å². The Morgan fingerprint density at radius 2 is 1.88 bits per heavy atom. The molecule has 0 bridgehead atoms. The van der Waals surface area contributed by atoms with E-state index < -0.39 is 21.7 Å². The summed E-state index contributed by atoms with van der Waals surface area (Å²) in [5, 5.41) is 2.63. The van der Waals surface area contributed by atoms with Crippen molar-refractivity contribution in [1.29, 1.82) is 0 Å². The molecule has 1 aliphatic heterocycles. The van der Waals surface area contributed by atoms with Crippen LogP contribution < -0.4 is 10.2 Å². The second kappa shape index (κ2) is 10.6. The van der Waals surface area contributed by atoms with Crippen LogP contribution in [0.4, 0.5) is 10.1 Å². The van der Waals surface area contributed by atoms with Crippen molar-refractivity contribution in [3.8, 4) is 0 Å². The number of carbonyl (C=O) groups excluding carboxylic acids is 2. The molecule has 2 aromatic carbocycles. The molecule has 0 aromatic heterocycles. The standard InChI is InChI=1S/C23H27ClFN3O4S/c1-3-27(4-2)33(31,32)18-8-10-21-16(14-18)6-5-13-28(21)22(29)11-12-26-23(30)19-9-7-17(25)15-20(19)24/h7-10,14-15H,3-6,11-13H2,1-2H3,(H,26,30). The molecule has 1 N–H and O–H groups in total. The quantitative estimate of drug-likeness (QED) is 0.606. The van der Waals surface area contributed by atoms with Gasteiger partial charge in [-0.1, -0.05) is 25.4 Å². The number of nitrogens with one attached hydrogen (secondary N) is 1. The van der Waals surface area contributed by atoms with E-state index in [0.717, 1.165) is 17.7 Å². The van der Waals surface area contributed by atoms with Gasteiger partial charge in [0.25, 0.3) is 5.91 Å². The van der Waals surface area contributed by atoms with E-state index in [9.17, 15) is 22.4 Å². The Morgan fingerprint density at radius 1 is 1.15 bits per heavy atom. The zero-order valence-corrected chi connectivity index (χ0v) is 20.2. The number of benzene rings is 2. The van der Waals surface area contributed by atoms with Crippen molar-refractivity contribution in [3.05, 3.63) is 58.4 Å². The zero-order chi connectivity index (χ0) is 24.2. The average molecular weight is 496 g/mol. The SMILES string of the molecule is CCN(CC)S(=O)(=O)c1ccc2c(c1)CCCN2C(=O)CCNC(=O)c1ccc(F)cc1Cl. The highest BCUT2D eigenvalue weighted by atomic mass is 35.5. The lowest BCUT2D eigenvalue weighted by atomic mass is 10.0. The molecule has 3 rings (SSSR count). The molecule has 2 aromatic rings. The highest BCUT2D eigenvalue weighted by Gasteiger charge is 2.27. The number of aryl methyl sites for hydroxylation is 1. The van der Waals surface area contributed by atoms with Gasteiger partial charge < -0.3 is 10.2 Å². The molecule has 7 nitrogen and oxygen atoms in total. The second-order valence-corrected chi connectivity index (χ2v) is 10.0. The van der Waals surface area contributed by atoms with Crippen LogP contribution in [-0.2, 0) is 21.2 Å². The van der Waals surface area contributed by atoms with Crippen molar-refractivity contribution < 1.29 is 22.4 Å². The molecule has 0 atom stereocenters. The van der Waals surface area contributed by atoms with Crippen LogP contribution in [0.15, 0.2) is 41.3 Å². The molecule has 1 heterocycles. The first-order valence-corrected chi connectivity index (χ1v) is 12.7. The number of fused-ring (bicyclic) bond motifs is 1. The number of amides is 2. The van der Waals surface area contributed by atoms with E-state index in [4.69, 9.17) is 11.6 Å². The smallest absolute Gasteiger partial charge is 0.252 e. The molecule has 0 saturated carbocycles. The maximum absolute atomic E-state index is 13.2. The first kappa shape index (κ1) is 25.1. The number of hydrogen-bond donors (Lipinski definition) is 1. The average Bonchev–Trinajstić information content (AvgIpc) is 2.78. The zero-order valence-electron chi connectivity index (χ0n) is 18.6. The number of hydrogen-bond acceptors (Lipinski definition) is 4. The second-order valence-electron chi connectivity index (χ2n) is 7.66. The third kappa shape index (κ3) is 5.54.